The molecule has 0 saturated carbocycles. The zero-order chi connectivity index (χ0) is 44.4. The Hall–Kier alpha value is -3.41. The molecule has 0 aliphatic rings. The lowest BCUT2D eigenvalue weighted by Gasteiger charge is -2.18. The number of unbranched alkanes of at least 4 members (excludes halogenated alkanes) is 23. The molecule has 0 aromatic rings. The smallest absolute Gasteiger partial charge is 0.306 e. The Morgan fingerprint density at radius 3 is 1.03 bits per heavy atom. The van der Waals surface area contributed by atoms with Crippen LogP contribution in [0.1, 0.15) is 226 Å². The highest BCUT2D eigenvalue weighted by Gasteiger charge is 2.19. The highest BCUT2D eigenvalue weighted by atomic mass is 16.6. The second-order valence-corrected chi connectivity index (χ2v) is 16.4. The molecule has 0 radical (unpaired) electrons. The molecule has 6 heteroatoms. The maximum atomic E-state index is 12.8. The maximum Gasteiger partial charge on any atom is 0.306 e. The quantitative estimate of drug-likeness (QED) is 0.0200. The fourth-order valence-corrected chi connectivity index (χ4v) is 6.73. The van der Waals surface area contributed by atoms with Gasteiger partial charge < -0.3 is 14.2 Å². The summed E-state index contributed by atoms with van der Waals surface area (Å²) in [7, 11) is 0. The van der Waals surface area contributed by atoms with Crippen molar-refractivity contribution in [1.82, 2.24) is 0 Å². The predicted molar refractivity (Wildman–Crippen MR) is 261 cm³/mol. The zero-order valence-electron chi connectivity index (χ0n) is 39.7. The number of hydrogen-bond donors (Lipinski definition) is 0. The maximum absolute atomic E-state index is 12.8. The fourth-order valence-electron chi connectivity index (χ4n) is 6.73. The van der Waals surface area contributed by atoms with E-state index in [1.165, 1.54) is 89.9 Å². The molecule has 0 amide bonds. The van der Waals surface area contributed by atoms with Gasteiger partial charge >= 0.3 is 17.9 Å². The third kappa shape index (κ3) is 47.5. The lowest BCUT2D eigenvalue weighted by molar-refractivity contribution is -0.167. The molecular weight excluding hydrogens is 757 g/mol. The van der Waals surface area contributed by atoms with Crippen LogP contribution in [0, 0.1) is 0 Å². The third-order valence-corrected chi connectivity index (χ3v) is 10.5. The van der Waals surface area contributed by atoms with Crippen LogP contribution in [-0.4, -0.2) is 37.2 Å². The second kappa shape index (κ2) is 49.2. The number of ether oxygens (including phenoxy) is 3. The van der Waals surface area contributed by atoms with Crippen molar-refractivity contribution in [3.8, 4) is 0 Å². The summed E-state index contributed by atoms with van der Waals surface area (Å²) in [6.07, 6.45) is 62.7. The number of carbonyl (C=O) groups excluding carboxylic acids is 3. The van der Waals surface area contributed by atoms with Crippen LogP contribution in [-0.2, 0) is 28.6 Å². The van der Waals surface area contributed by atoms with Gasteiger partial charge in [-0.2, -0.15) is 0 Å². The van der Waals surface area contributed by atoms with Crippen molar-refractivity contribution in [2.24, 2.45) is 0 Å². The molecule has 0 aromatic carbocycles. The molecule has 0 fully saturated rings. The number of carbonyl (C=O) groups is 3. The van der Waals surface area contributed by atoms with E-state index < -0.39 is 6.10 Å². The molecule has 0 spiro atoms. The fraction of sp³-hybridized carbons (Fsp3) is 0.691. The van der Waals surface area contributed by atoms with E-state index in [9.17, 15) is 14.4 Å². The van der Waals surface area contributed by atoms with Crippen molar-refractivity contribution in [3.05, 3.63) is 85.1 Å². The van der Waals surface area contributed by atoms with Gasteiger partial charge in [0, 0.05) is 19.3 Å². The normalized spacial score (nSPS) is 12.8. The van der Waals surface area contributed by atoms with Gasteiger partial charge in [0.15, 0.2) is 6.10 Å². The number of esters is 3. The molecule has 0 aromatic heterocycles. The summed E-state index contributed by atoms with van der Waals surface area (Å²) in [6.45, 7) is 6.32. The summed E-state index contributed by atoms with van der Waals surface area (Å²) in [6, 6.07) is 0. The molecule has 0 rings (SSSR count). The Kier molecular flexibility index (Phi) is 46.5. The van der Waals surface area contributed by atoms with Crippen LogP contribution in [0.5, 0.6) is 0 Å². The van der Waals surface area contributed by atoms with Gasteiger partial charge in [0.2, 0.25) is 0 Å². The first kappa shape index (κ1) is 57.6. The monoisotopic (exact) mass is 849 g/mol. The van der Waals surface area contributed by atoms with Crippen molar-refractivity contribution in [2.75, 3.05) is 13.2 Å². The van der Waals surface area contributed by atoms with Gasteiger partial charge in [-0.25, -0.2) is 0 Å². The largest absolute Gasteiger partial charge is 0.462 e. The Bertz CT molecular complexity index is 1200. The Balaban J connectivity index is 4.44. The topological polar surface area (TPSA) is 78.9 Å². The van der Waals surface area contributed by atoms with Crippen LogP contribution < -0.4 is 0 Å². The first-order valence-corrected chi connectivity index (χ1v) is 25.2. The number of allylic oxidation sites excluding steroid dienone is 14. The van der Waals surface area contributed by atoms with Crippen LogP contribution in [0.3, 0.4) is 0 Å². The molecule has 1 unspecified atom stereocenters. The van der Waals surface area contributed by atoms with E-state index >= 15 is 0 Å². The number of rotatable bonds is 44. The van der Waals surface area contributed by atoms with E-state index in [-0.39, 0.29) is 31.1 Å². The van der Waals surface area contributed by atoms with Crippen LogP contribution >= 0.6 is 0 Å². The molecular formula is C55H92O6. The van der Waals surface area contributed by atoms with Crippen molar-refractivity contribution in [3.63, 3.8) is 0 Å². The Morgan fingerprint density at radius 2 is 0.656 bits per heavy atom. The van der Waals surface area contributed by atoms with E-state index in [1.54, 1.807) is 0 Å². The van der Waals surface area contributed by atoms with Crippen LogP contribution in [0.4, 0.5) is 0 Å². The van der Waals surface area contributed by atoms with Crippen molar-refractivity contribution in [1.29, 1.82) is 0 Å². The van der Waals surface area contributed by atoms with E-state index in [2.05, 4.69) is 106 Å². The van der Waals surface area contributed by atoms with Crippen molar-refractivity contribution < 1.29 is 28.6 Å². The van der Waals surface area contributed by atoms with E-state index in [0.717, 1.165) is 96.3 Å². The number of hydrogen-bond acceptors (Lipinski definition) is 6. The molecule has 61 heavy (non-hydrogen) atoms. The molecule has 0 aliphatic heterocycles. The van der Waals surface area contributed by atoms with E-state index in [4.69, 9.17) is 14.2 Å². The van der Waals surface area contributed by atoms with Gasteiger partial charge in [0.05, 0.1) is 0 Å². The molecule has 0 N–H and O–H groups in total. The minimum Gasteiger partial charge on any atom is -0.462 e. The average Bonchev–Trinajstić information content (AvgIpc) is 3.26. The highest BCUT2D eigenvalue weighted by Crippen LogP contribution is 2.14. The summed E-state index contributed by atoms with van der Waals surface area (Å²) in [5, 5.41) is 0. The second-order valence-electron chi connectivity index (χ2n) is 16.4. The van der Waals surface area contributed by atoms with Gasteiger partial charge in [-0.3, -0.25) is 14.4 Å². The van der Waals surface area contributed by atoms with E-state index in [0.29, 0.717) is 19.3 Å². The van der Waals surface area contributed by atoms with Gasteiger partial charge in [-0.1, -0.05) is 209 Å². The first-order valence-electron chi connectivity index (χ1n) is 25.2. The Labute approximate surface area is 375 Å². The molecule has 6 nitrogen and oxygen atoms in total. The van der Waals surface area contributed by atoms with Crippen LogP contribution in [0.2, 0.25) is 0 Å². The molecule has 0 saturated heterocycles. The van der Waals surface area contributed by atoms with Gasteiger partial charge in [0.1, 0.15) is 13.2 Å². The van der Waals surface area contributed by atoms with Crippen LogP contribution in [0.25, 0.3) is 0 Å². The standard InChI is InChI=1S/C55H92O6/c1-4-7-10-13-16-19-22-25-27-30-33-36-39-42-45-48-54(57)60-51-52(50-59-53(56)47-44-41-38-35-32-29-24-21-18-15-12-9-6-3)61-55(58)49-46-43-40-37-34-31-28-26-23-20-17-14-11-8-5-2/h7,9-10,12-13,15-16,18-24,52H,4-6,8,11,14,17,25-51H2,1-3H3/b10-7+,12-9+,16-13+,18-15+,22-19+,23-20+,24-21+. The van der Waals surface area contributed by atoms with Gasteiger partial charge in [-0.15, -0.1) is 0 Å². The van der Waals surface area contributed by atoms with Crippen molar-refractivity contribution >= 4 is 17.9 Å². The summed E-state index contributed by atoms with van der Waals surface area (Å²) in [4.78, 5) is 37.9. The highest BCUT2D eigenvalue weighted by molar-refractivity contribution is 5.71. The molecule has 0 heterocycles. The zero-order valence-corrected chi connectivity index (χ0v) is 39.7. The van der Waals surface area contributed by atoms with Gasteiger partial charge in [0.25, 0.3) is 0 Å². The first-order chi connectivity index (χ1) is 30.0. The van der Waals surface area contributed by atoms with Crippen molar-refractivity contribution in [2.45, 2.75) is 232 Å². The third-order valence-electron chi connectivity index (χ3n) is 10.5. The summed E-state index contributed by atoms with van der Waals surface area (Å²) >= 11 is 0. The minimum atomic E-state index is -0.792. The minimum absolute atomic E-state index is 0.0920. The summed E-state index contributed by atoms with van der Waals surface area (Å²) in [5.74, 6) is -0.930. The van der Waals surface area contributed by atoms with Gasteiger partial charge in [-0.05, 0) is 83.5 Å². The SMILES string of the molecule is CC/C=C/C=C/C=C/CCCCCCCCCC(=O)OCC(COC(=O)CCCCCCC/C=C/C=C/C=C/CC)OC(=O)CCCCCCCCC/C=C/CCCCCC. The molecule has 0 bridgehead atoms. The molecule has 0 aliphatic carbocycles. The molecule has 348 valence electrons. The predicted octanol–water partition coefficient (Wildman–Crippen LogP) is 16.4. The average molecular weight is 849 g/mol. The lowest BCUT2D eigenvalue weighted by atomic mass is 10.1. The van der Waals surface area contributed by atoms with Crippen LogP contribution in [0.15, 0.2) is 85.1 Å². The molecule has 1 atom stereocenters. The Morgan fingerprint density at radius 1 is 0.344 bits per heavy atom. The lowest BCUT2D eigenvalue weighted by Crippen LogP contribution is -2.30. The van der Waals surface area contributed by atoms with E-state index in [1.807, 2.05) is 0 Å². The summed E-state index contributed by atoms with van der Waals surface area (Å²) in [5.41, 5.74) is 0. The summed E-state index contributed by atoms with van der Waals surface area (Å²) < 4.78 is 16.8.